The fraction of sp³-hybridized carbons (Fsp3) is 0.909. The molecule has 1 saturated heterocycles. The number of hydrogen-bond donors (Lipinski definition) is 1. The summed E-state index contributed by atoms with van der Waals surface area (Å²) in [4.78, 5) is 10.8. The van der Waals surface area contributed by atoms with E-state index in [1.54, 1.807) is 6.92 Å². The summed E-state index contributed by atoms with van der Waals surface area (Å²) in [6, 6.07) is 0. The lowest BCUT2D eigenvalue weighted by atomic mass is 10.2. The smallest absolute Gasteiger partial charge is 0.307 e. The van der Waals surface area contributed by atoms with Crippen molar-refractivity contribution in [3.63, 3.8) is 0 Å². The Morgan fingerprint density at radius 3 is 2.25 bits per heavy atom. The third-order valence-corrected chi connectivity index (χ3v) is 7.69. The SMILES string of the molecule is CCN(CC(C)C(=O)O)S(=O)(=O)C1CCS(=O)(=O)CC1. The Balaban J connectivity index is 2.83. The van der Waals surface area contributed by atoms with Crippen molar-refractivity contribution in [2.24, 2.45) is 5.92 Å². The molecule has 0 amide bonds. The normalized spacial score (nSPS) is 21.8. The molecule has 1 aliphatic heterocycles. The number of carboxylic acids is 1. The molecule has 0 aromatic rings. The Bertz CT molecular complexity index is 539. The summed E-state index contributed by atoms with van der Waals surface area (Å²) in [6.45, 7) is 3.19. The highest BCUT2D eigenvalue weighted by Crippen LogP contribution is 2.23. The molecule has 0 saturated carbocycles. The molecule has 1 aliphatic rings. The van der Waals surface area contributed by atoms with Gasteiger partial charge in [0.1, 0.15) is 9.84 Å². The molecule has 1 fully saturated rings. The van der Waals surface area contributed by atoms with Crippen molar-refractivity contribution in [3.05, 3.63) is 0 Å². The zero-order chi connectivity index (χ0) is 15.6. The van der Waals surface area contributed by atoms with Crippen LogP contribution in [0, 0.1) is 5.92 Å². The molecule has 0 spiro atoms. The molecule has 118 valence electrons. The first kappa shape index (κ1) is 17.4. The number of hydrogen-bond acceptors (Lipinski definition) is 5. The summed E-state index contributed by atoms with van der Waals surface area (Å²) in [6.07, 6.45) is 0.172. The van der Waals surface area contributed by atoms with Crippen LogP contribution in [0.4, 0.5) is 0 Å². The first-order valence-corrected chi connectivity index (χ1v) is 9.84. The van der Waals surface area contributed by atoms with E-state index in [9.17, 15) is 21.6 Å². The highest BCUT2D eigenvalue weighted by Gasteiger charge is 2.37. The van der Waals surface area contributed by atoms with Crippen molar-refractivity contribution in [3.8, 4) is 0 Å². The predicted molar refractivity (Wildman–Crippen MR) is 74.6 cm³/mol. The lowest BCUT2D eigenvalue weighted by molar-refractivity contribution is -0.141. The maximum atomic E-state index is 12.4. The van der Waals surface area contributed by atoms with Gasteiger partial charge in [0, 0.05) is 13.1 Å². The molecule has 1 rings (SSSR count). The van der Waals surface area contributed by atoms with Crippen molar-refractivity contribution >= 4 is 25.8 Å². The number of carbonyl (C=O) groups is 1. The van der Waals surface area contributed by atoms with E-state index in [1.165, 1.54) is 6.92 Å². The van der Waals surface area contributed by atoms with Crippen molar-refractivity contribution in [1.29, 1.82) is 0 Å². The van der Waals surface area contributed by atoms with Gasteiger partial charge in [-0.1, -0.05) is 13.8 Å². The fourth-order valence-corrected chi connectivity index (χ4v) is 6.01. The molecule has 0 radical (unpaired) electrons. The standard InChI is InChI=1S/C11H21NO6S2/c1-3-12(8-9(2)11(13)14)20(17,18)10-4-6-19(15,16)7-5-10/h9-10H,3-8H2,1-2H3,(H,13,14). The molecule has 1 unspecified atom stereocenters. The van der Waals surface area contributed by atoms with Gasteiger partial charge < -0.3 is 5.11 Å². The second-order valence-corrected chi connectivity index (χ2v) is 9.60. The van der Waals surface area contributed by atoms with Crippen LogP contribution >= 0.6 is 0 Å². The van der Waals surface area contributed by atoms with Crippen LogP contribution in [-0.2, 0) is 24.7 Å². The molecule has 7 nitrogen and oxygen atoms in total. The maximum Gasteiger partial charge on any atom is 0.307 e. The number of sulfonamides is 1. The summed E-state index contributed by atoms with van der Waals surface area (Å²) < 4.78 is 48.7. The molecule has 0 aromatic heterocycles. The largest absolute Gasteiger partial charge is 0.481 e. The van der Waals surface area contributed by atoms with Crippen LogP contribution in [0.25, 0.3) is 0 Å². The fourth-order valence-electron chi connectivity index (χ4n) is 2.17. The van der Waals surface area contributed by atoms with Crippen LogP contribution in [0.1, 0.15) is 26.7 Å². The molecule has 1 N–H and O–H groups in total. The van der Waals surface area contributed by atoms with Crippen molar-refractivity contribution in [2.75, 3.05) is 24.6 Å². The molecule has 1 heterocycles. The maximum absolute atomic E-state index is 12.4. The Kier molecular flexibility index (Phi) is 5.56. The lowest BCUT2D eigenvalue weighted by Gasteiger charge is -2.29. The Labute approximate surface area is 119 Å². The van der Waals surface area contributed by atoms with Crippen molar-refractivity contribution < 1.29 is 26.7 Å². The van der Waals surface area contributed by atoms with E-state index in [2.05, 4.69) is 0 Å². The van der Waals surface area contributed by atoms with Gasteiger partial charge in [-0.25, -0.2) is 21.1 Å². The molecule has 1 atom stereocenters. The topological polar surface area (TPSA) is 109 Å². The van der Waals surface area contributed by atoms with E-state index in [1.807, 2.05) is 0 Å². The predicted octanol–water partition coefficient (Wildman–Crippen LogP) is -0.0640. The summed E-state index contributed by atoms with van der Waals surface area (Å²) in [5, 5.41) is 8.14. The van der Waals surface area contributed by atoms with E-state index in [4.69, 9.17) is 5.11 Å². The van der Waals surface area contributed by atoms with E-state index in [0.717, 1.165) is 4.31 Å². The summed E-state index contributed by atoms with van der Waals surface area (Å²) in [7, 11) is -6.77. The Hall–Kier alpha value is -0.670. The highest BCUT2D eigenvalue weighted by atomic mass is 32.2. The van der Waals surface area contributed by atoms with E-state index < -0.39 is 37.0 Å². The zero-order valence-corrected chi connectivity index (χ0v) is 13.3. The first-order chi connectivity index (χ1) is 9.10. The molecule has 0 aromatic carbocycles. The van der Waals surface area contributed by atoms with Gasteiger partial charge >= 0.3 is 5.97 Å². The van der Waals surface area contributed by atoms with Crippen LogP contribution in [0.2, 0.25) is 0 Å². The number of sulfone groups is 1. The minimum atomic E-state index is -3.65. The van der Waals surface area contributed by atoms with Crippen molar-refractivity contribution in [1.82, 2.24) is 4.31 Å². The lowest BCUT2D eigenvalue weighted by Crippen LogP contribution is -2.44. The Morgan fingerprint density at radius 1 is 1.35 bits per heavy atom. The number of aliphatic carboxylic acids is 1. The Morgan fingerprint density at radius 2 is 1.85 bits per heavy atom. The quantitative estimate of drug-likeness (QED) is 0.732. The third-order valence-electron chi connectivity index (χ3n) is 3.53. The molecular formula is C11H21NO6S2. The van der Waals surface area contributed by atoms with Gasteiger partial charge in [-0.15, -0.1) is 0 Å². The van der Waals surface area contributed by atoms with Crippen LogP contribution in [-0.4, -0.2) is 62.1 Å². The molecule has 0 bridgehead atoms. The zero-order valence-electron chi connectivity index (χ0n) is 11.6. The van der Waals surface area contributed by atoms with Gasteiger partial charge in [0.2, 0.25) is 10.0 Å². The molecular weight excluding hydrogens is 306 g/mol. The minimum absolute atomic E-state index is 0.0859. The van der Waals surface area contributed by atoms with Gasteiger partial charge in [-0.2, -0.15) is 0 Å². The summed E-state index contributed by atoms with van der Waals surface area (Å²) in [5.74, 6) is -2.09. The van der Waals surface area contributed by atoms with Crippen molar-refractivity contribution in [2.45, 2.75) is 31.9 Å². The monoisotopic (exact) mass is 327 g/mol. The van der Waals surface area contributed by atoms with Crippen LogP contribution < -0.4 is 0 Å². The van der Waals surface area contributed by atoms with Crippen LogP contribution in [0.5, 0.6) is 0 Å². The first-order valence-electron chi connectivity index (χ1n) is 6.52. The average Bonchev–Trinajstić information content (AvgIpc) is 2.34. The molecule has 20 heavy (non-hydrogen) atoms. The van der Waals surface area contributed by atoms with Gasteiger partial charge in [0.15, 0.2) is 0 Å². The molecule has 9 heteroatoms. The third kappa shape index (κ3) is 4.16. The van der Waals surface area contributed by atoms with Crippen LogP contribution in [0.3, 0.4) is 0 Å². The summed E-state index contributed by atoms with van der Waals surface area (Å²) >= 11 is 0. The van der Waals surface area contributed by atoms with E-state index in [0.29, 0.717) is 0 Å². The second kappa shape index (κ2) is 6.40. The highest BCUT2D eigenvalue weighted by molar-refractivity contribution is 7.92. The van der Waals surface area contributed by atoms with E-state index in [-0.39, 0.29) is 37.4 Å². The number of nitrogens with zero attached hydrogens (tertiary/aromatic N) is 1. The van der Waals surface area contributed by atoms with Crippen LogP contribution in [0.15, 0.2) is 0 Å². The van der Waals surface area contributed by atoms with Gasteiger partial charge in [-0.3, -0.25) is 4.79 Å². The summed E-state index contributed by atoms with van der Waals surface area (Å²) in [5.41, 5.74) is 0. The molecule has 0 aliphatic carbocycles. The second-order valence-electron chi connectivity index (χ2n) is 5.09. The number of rotatable bonds is 6. The van der Waals surface area contributed by atoms with E-state index >= 15 is 0 Å². The van der Waals surface area contributed by atoms with Gasteiger partial charge in [0.05, 0.1) is 22.7 Å². The van der Waals surface area contributed by atoms with Gasteiger partial charge in [-0.05, 0) is 12.8 Å². The average molecular weight is 327 g/mol. The van der Waals surface area contributed by atoms with Gasteiger partial charge in [0.25, 0.3) is 0 Å². The number of carboxylic acid groups (broad SMARTS) is 1. The minimum Gasteiger partial charge on any atom is -0.481 e.